The molecule has 0 heterocycles. The van der Waals surface area contributed by atoms with E-state index >= 15 is 0 Å². The van der Waals surface area contributed by atoms with Crippen LogP contribution < -0.4 is 4.72 Å². The highest BCUT2D eigenvalue weighted by Crippen LogP contribution is 2.22. The van der Waals surface area contributed by atoms with Crippen LogP contribution in [0.1, 0.15) is 17.2 Å². The van der Waals surface area contributed by atoms with Gasteiger partial charge in [-0.3, -0.25) is 0 Å². The van der Waals surface area contributed by atoms with Crippen LogP contribution >= 0.6 is 11.6 Å². The van der Waals surface area contributed by atoms with Crippen molar-refractivity contribution in [1.29, 1.82) is 5.26 Å². The number of benzene rings is 2. The van der Waals surface area contributed by atoms with E-state index in [1.807, 2.05) is 6.07 Å². The first-order valence-corrected chi connectivity index (χ1v) is 8.22. The third-order valence-electron chi connectivity index (χ3n) is 3.02. The first-order valence-electron chi connectivity index (χ1n) is 6.36. The normalized spacial score (nSPS) is 12.6. The van der Waals surface area contributed by atoms with Crippen molar-refractivity contribution < 1.29 is 13.5 Å². The van der Waals surface area contributed by atoms with Crippen molar-refractivity contribution in [2.24, 2.45) is 0 Å². The summed E-state index contributed by atoms with van der Waals surface area (Å²) in [6, 6.07) is 14.1. The Bertz CT molecular complexity index is 798. The van der Waals surface area contributed by atoms with Crippen molar-refractivity contribution in [2.45, 2.75) is 11.0 Å². The van der Waals surface area contributed by atoms with Crippen molar-refractivity contribution >= 4 is 21.6 Å². The van der Waals surface area contributed by atoms with Gasteiger partial charge in [0, 0.05) is 17.1 Å². The van der Waals surface area contributed by atoms with Gasteiger partial charge in [-0.15, -0.1) is 0 Å². The van der Waals surface area contributed by atoms with Gasteiger partial charge < -0.3 is 5.11 Å². The van der Waals surface area contributed by atoms with Crippen LogP contribution in [0.15, 0.2) is 53.4 Å². The third kappa shape index (κ3) is 3.84. The zero-order valence-corrected chi connectivity index (χ0v) is 13.0. The lowest BCUT2D eigenvalue weighted by atomic mass is 10.1. The minimum atomic E-state index is -3.76. The summed E-state index contributed by atoms with van der Waals surface area (Å²) < 4.78 is 26.5. The highest BCUT2D eigenvalue weighted by molar-refractivity contribution is 7.89. The lowest BCUT2D eigenvalue weighted by Gasteiger charge is -2.14. The van der Waals surface area contributed by atoms with Crippen LogP contribution in [0.5, 0.6) is 0 Å². The average molecular weight is 337 g/mol. The smallest absolute Gasteiger partial charge is 0.240 e. The number of nitrogens with one attached hydrogen (secondary N) is 1. The number of hydrogen-bond acceptors (Lipinski definition) is 4. The maximum absolute atomic E-state index is 12.1. The maximum Gasteiger partial charge on any atom is 0.240 e. The standard InChI is InChI=1S/C15H13ClN2O3S/c16-14-4-2-1-3-13(14)15(19)10-18-22(20,21)12-7-5-11(9-17)6-8-12/h1-8,15,18-19H,10H2/t15-/m0/s1. The number of aliphatic hydroxyl groups excluding tert-OH is 1. The number of nitriles is 1. The SMILES string of the molecule is N#Cc1ccc(S(=O)(=O)NC[C@H](O)c2ccccc2Cl)cc1. The monoisotopic (exact) mass is 336 g/mol. The predicted octanol–water partition coefficient (Wildman–Crippen LogP) is 2.22. The van der Waals surface area contributed by atoms with E-state index in [2.05, 4.69) is 4.72 Å². The molecule has 0 fully saturated rings. The van der Waals surface area contributed by atoms with Gasteiger partial charge in [0.1, 0.15) is 0 Å². The lowest BCUT2D eigenvalue weighted by Crippen LogP contribution is -2.28. The quantitative estimate of drug-likeness (QED) is 0.876. The molecule has 5 nitrogen and oxygen atoms in total. The Morgan fingerprint density at radius 3 is 2.41 bits per heavy atom. The van der Waals surface area contributed by atoms with E-state index in [1.165, 1.54) is 24.3 Å². The van der Waals surface area contributed by atoms with Crippen molar-refractivity contribution in [1.82, 2.24) is 4.72 Å². The summed E-state index contributed by atoms with van der Waals surface area (Å²) in [4.78, 5) is 0.0258. The topological polar surface area (TPSA) is 90.2 Å². The molecule has 0 amide bonds. The van der Waals surface area contributed by atoms with Gasteiger partial charge in [-0.2, -0.15) is 5.26 Å². The van der Waals surface area contributed by atoms with E-state index in [0.29, 0.717) is 16.1 Å². The molecule has 2 N–H and O–H groups in total. The lowest BCUT2D eigenvalue weighted by molar-refractivity contribution is 0.182. The average Bonchev–Trinajstić information content (AvgIpc) is 2.53. The molecule has 0 saturated carbocycles. The molecule has 2 rings (SSSR count). The summed E-state index contributed by atoms with van der Waals surface area (Å²) >= 11 is 5.95. The fourth-order valence-electron chi connectivity index (χ4n) is 1.84. The zero-order chi connectivity index (χ0) is 16.2. The van der Waals surface area contributed by atoms with Gasteiger partial charge in [0.15, 0.2) is 0 Å². The fourth-order valence-corrected chi connectivity index (χ4v) is 3.14. The van der Waals surface area contributed by atoms with E-state index in [4.69, 9.17) is 16.9 Å². The second kappa shape index (κ2) is 6.90. The van der Waals surface area contributed by atoms with Crippen molar-refractivity contribution in [2.75, 3.05) is 6.54 Å². The molecule has 1 atom stereocenters. The van der Waals surface area contributed by atoms with Crippen molar-refractivity contribution in [3.8, 4) is 6.07 Å². The van der Waals surface area contributed by atoms with Crippen molar-refractivity contribution in [3.63, 3.8) is 0 Å². The van der Waals surface area contributed by atoms with Gasteiger partial charge in [0.05, 0.1) is 22.6 Å². The molecule has 22 heavy (non-hydrogen) atoms. The minimum absolute atomic E-state index is 0.0258. The summed E-state index contributed by atoms with van der Waals surface area (Å²) in [5.74, 6) is 0. The van der Waals surface area contributed by atoms with Crippen molar-refractivity contribution in [3.05, 3.63) is 64.7 Å². The molecule has 0 unspecified atom stereocenters. The Balaban J connectivity index is 2.09. The predicted molar refractivity (Wildman–Crippen MR) is 82.8 cm³/mol. The van der Waals surface area contributed by atoms with Gasteiger partial charge in [-0.05, 0) is 30.3 Å². The van der Waals surface area contributed by atoms with Crippen LogP contribution in [0.3, 0.4) is 0 Å². The Hall–Kier alpha value is -1.91. The molecule has 0 saturated heterocycles. The molecular weight excluding hydrogens is 324 g/mol. The molecule has 0 aromatic heterocycles. The fraction of sp³-hybridized carbons (Fsp3) is 0.133. The van der Waals surface area contributed by atoms with Gasteiger partial charge in [0.2, 0.25) is 10.0 Å². The summed E-state index contributed by atoms with van der Waals surface area (Å²) in [5, 5.41) is 19.1. The Labute approximate surface area is 133 Å². The summed E-state index contributed by atoms with van der Waals surface area (Å²) in [7, 11) is -3.76. The molecule has 2 aromatic carbocycles. The molecule has 0 aliphatic carbocycles. The van der Waals surface area contributed by atoms with E-state index in [1.54, 1.807) is 24.3 Å². The van der Waals surface area contributed by atoms with E-state index < -0.39 is 16.1 Å². The van der Waals surface area contributed by atoms with Crippen LogP contribution in [-0.4, -0.2) is 20.1 Å². The number of halogens is 1. The molecular formula is C15H13ClN2O3S. The van der Waals surface area contributed by atoms with Crippen LogP contribution in [0.2, 0.25) is 5.02 Å². The molecule has 0 aliphatic heterocycles. The van der Waals surface area contributed by atoms with Gasteiger partial charge >= 0.3 is 0 Å². The summed E-state index contributed by atoms with van der Waals surface area (Å²) in [6.45, 7) is -0.202. The number of hydrogen-bond donors (Lipinski definition) is 2. The van der Waals surface area contributed by atoms with Crippen LogP contribution in [0.4, 0.5) is 0 Å². The molecule has 0 spiro atoms. The molecule has 0 radical (unpaired) electrons. The van der Waals surface area contributed by atoms with E-state index in [9.17, 15) is 13.5 Å². The Morgan fingerprint density at radius 1 is 1.18 bits per heavy atom. The minimum Gasteiger partial charge on any atom is -0.387 e. The molecule has 7 heteroatoms. The first kappa shape index (κ1) is 16.5. The number of sulfonamides is 1. The van der Waals surface area contributed by atoms with Crippen LogP contribution in [0.25, 0.3) is 0 Å². The largest absolute Gasteiger partial charge is 0.387 e. The highest BCUT2D eigenvalue weighted by atomic mass is 35.5. The molecule has 0 bridgehead atoms. The van der Waals surface area contributed by atoms with E-state index in [-0.39, 0.29) is 11.4 Å². The summed E-state index contributed by atoms with van der Waals surface area (Å²) in [5.41, 5.74) is 0.821. The van der Waals surface area contributed by atoms with Gasteiger partial charge in [0.25, 0.3) is 0 Å². The number of nitrogens with zero attached hydrogens (tertiary/aromatic N) is 1. The van der Waals surface area contributed by atoms with Gasteiger partial charge in [-0.1, -0.05) is 29.8 Å². The Kier molecular flexibility index (Phi) is 5.16. The molecule has 114 valence electrons. The summed E-state index contributed by atoms with van der Waals surface area (Å²) in [6.07, 6.45) is -1.05. The molecule has 2 aromatic rings. The first-order chi connectivity index (χ1) is 10.4. The number of rotatable bonds is 5. The maximum atomic E-state index is 12.1. The number of aliphatic hydroxyl groups is 1. The zero-order valence-electron chi connectivity index (χ0n) is 11.4. The molecule has 0 aliphatic rings. The second-order valence-electron chi connectivity index (χ2n) is 4.53. The highest BCUT2D eigenvalue weighted by Gasteiger charge is 2.17. The Morgan fingerprint density at radius 2 is 1.82 bits per heavy atom. The second-order valence-corrected chi connectivity index (χ2v) is 6.70. The van der Waals surface area contributed by atoms with Gasteiger partial charge in [-0.25, -0.2) is 13.1 Å². The van der Waals surface area contributed by atoms with E-state index in [0.717, 1.165) is 0 Å². The third-order valence-corrected chi connectivity index (χ3v) is 4.81. The van der Waals surface area contributed by atoms with Crippen LogP contribution in [0, 0.1) is 11.3 Å². The van der Waals surface area contributed by atoms with Crippen LogP contribution in [-0.2, 0) is 10.0 Å².